The summed E-state index contributed by atoms with van der Waals surface area (Å²) in [6.45, 7) is 1.97. The number of rotatable bonds is 4. The Morgan fingerprint density at radius 1 is 1.47 bits per heavy atom. The summed E-state index contributed by atoms with van der Waals surface area (Å²) >= 11 is 0. The SMILES string of the molecule is Cc1c(N)nc(C2CC2)nc1N(C)CC(N)=O. The Bertz CT molecular complexity index is 455. The molecule has 0 spiro atoms. The predicted octanol–water partition coefficient (Wildman–Crippen LogP) is 0.166. The van der Waals surface area contributed by atoms with Crippen molar-refractivity contribution < 1.29 is 4.79 Å². The van der Waals surface area contributed by atoms with Gasteiger partial charge in [-0.2, -0.15) is 0 Å². The molecule has 2 rings (SSSR count). The molecule has 0 bridgehead atoms. The van der Waals surface area contributed by atoms with Crippen molar-refractivity contribution in [3.8, 4) is 0 Å². The molecule has 0 aliphatic heterocycles. The van der Waals surface area contributed by atoms with E-state index >= 15 is 0 Å². The van der Waals surface area contributed by atoms with Gasteiger partial charge >= 0.3 is 0 Å². The van der Waals surface area contributed by atoms with Crippen LogP contribution in [0.25, 0.3) is 0 Å². The Labute approximate surface area is 100 Å². The summed E-state index contributed by atoms with van der Waals surface area (Å²) in [4.78, 5) is 21.4. The van der Waals surface area contributed by atoms with E-state index in [4.69, 9.17) is 11.5 Å². The number of hydrogen-bond acceptors (Lipinski definition) is 5. The third kappa shape index (κ3) is 2.46. The number of aromatic nitrogens is 2. The number of primary amides is 1. The van der Waals surface area contributed by atoms with E-state index in [1.54, 1.807) is 11.9 Å². The Kier molecular flexibility index (Phi) is 2.87. The second kappa shape index (κ2) is 4.20. The lowest BCUT2D eigenvalue weighted by atomic mass is 10.2. The Morgan fingerprint density at radius 2 is 2.12 bits per heavy atom. The molecule has 1 aliphatic rings. The number of hydrogen-bond donors (Lipinski definition) is 2. The molecule has 6 nitrogen and oxygen atoms in total. The number of nitrogens with two attached hydrogens (primary N) is 2. The minimum Gasteiger partial charge on any atom is -0.383 e. The van der Waals surface area contributed by atoms with E-state index in [2.05, 4.69) is 9.97 Å². The first-order chi connectivity index (χ1) is 7.99. The van der Waals surface area contributed by atoms with Crippen molar-refractivity contribution in [3.63, 3.8) is 0 Å². The molecule has 1 saturated carbocycles. The van der Waals surface area contributed by atoms with Crippen LogP contribution >= 0.6 is 0 Å². The van der Waals surface area contributed by atoms with Crippen molar-refractivity contribution in [2.24, 2.45) is 5.73 Å². The van der Waals surface area contributed by atoms with Crippen LogP contribution in [0.2, 0.25) is 0 Å². The minimum atomic E-state index is -0.392. The lowest BCUT2D eigenvalue weighted by molar-refractivity contribution is -0.116. The van der Waals surface area contributed by atoms with Crippen LogP contribution in [0.15, 0.2) is 0 Å². The van der Waals surface area contributed by atoms with Crippen molar-refractivity contribution in [1.82, 2.24) is 9.97 Å². The third-order valence-electron chi connectivity index (χ3n) is 2.87. The van der Waals surface area contributed by atoms with E-state index in [1.165, 1.54) is 0 Å². The zero-order valence-electron chi connectivity index (χ0n) is 10.1. The van der Waals surface area contributed by atoms with Gasteiger partial charge in [0, 0.05) is 18.5 Å². The third-order valence-corrected chi connectivity index (χ3v) is 2.87. The van der Waals surface area contributed by atoms with Crippen molar-refractivity contribution in [1.29, 1.82) is 0 Å². The first kappa shape index (κ1) is 11.6. The predicted molar refractivity (Wildman–Crippen MR) is 65.6 cm³/mol. The van der Waals surface area contributed by atoms with E-state index in [0.29, 0.717) is 17.6 Å². The van der Waals surface area contributed by atoms with Gasteiger partial charge in [0.05, 0.1) is 6.54 Å². The van der Waals surface area contributed by atoms with Crippen LogP contribution in [-0.2, 0) is 4.79 Å². The highest BCUT2D eigenvalue weighted by molar-refractivity contribution is 5.79. The maximum Gasteiger partial charge on any atom is 0.236 e. The second-order valence-corrected chi connectivity index (χ2v) is 4.51. The smallest absolute Gasteiger partial charge is 0.236 e. The molecule has 1 aromatic heterocycles. The van der Waals surface area contributed by atoms with Gasteiger partial charge in [0.1, 0.15) is 17.5 Å². The molecular weight excluding hydrogens is 218 g/mol. The maximum absolute atomic E-state index is 10.9. The summed E-state index contributed by atoms with van der Waals surface area (Å²) in [6, 6.07) is 0. The monoisotopic (exact) mass is 235 g/mol. The highest BCUT2D eigenvalue weighted by Gasteiger charge is 2.28. The lowest BCUT2D eigenvalue weighted by Crippen LogP contribution is -2.32. The largest absolute Gasteiger partial charge is 0.383 e. The summed E-state index contributed by atoms with van der Waals surface area (Å²) in [5.74, 6) is 1.99. The maximum atomic E-state index is 10.9. The van der Waals surface area contributed by atoms with Gasteiger partial charge in [0.2, 0.25) is 5.91 Å². The highest BCUT2D eigenvalue weighted by atomic mass is 16.1. The molecule has 17 heavy (non-hydrogen) atoms. The lowest BCUT2D eigenvalue weighted by Gasteiger charge is -2.19. The number of anilines is 2. The topological polar surface area (TPSA) is 98.1 Å². The number of carbonyl (C=O) groups is 1. The fourth-order valence-corrected chi connectivity index (χ4v) is 1.74. The molecule has 1 fully saturated rings. The molecule has 0 atom stereocenters. The van der Waals surface area contributed by atoms with Gasteiger partial charge in [-0.25, -0.2) is 9.97 Å². The summed E-state index contributed by atoms with van der Waals surface area (Å²) in [7, 11) is 1.77. The van der Waals surface area contributed by atoms with Crippen LogP contribution in [-0.4, -0.2) is 29.5 Å². The van der Waals surface area contributed by atoms with Crippen molar-refractivity contribution >= 4 is 17.5 Å². The fraction of sp³-hybridized carbons (Fsp3) is 0.545. The zero-order valence-corrected chi connectivity index (χ0v) is 10.1. The minimum absolute atomic E-state index is 0.126. The van der Waals surface area contributed by atoms with Gasteiger partial charge in [-0.3, -0.25) is 4.79 Å². The molecule has 1 aliphatic carbocycles. The van der Waals surface area contributed by atoms with Crippen LogP contribution in [0.1, 0.15) is 30.1 Å². The van der Waals surface area contributed by atoms with E-state index in [-0.39, 0.29) is 6.54 Å². The summed E-state index contributed by atoms with van der Waals surface area (Å²) in [5, 5.41) is 0. The van der Waals surface area contributed by atoms with E-state index in [0.717, 1.165) is 24.2 Å². The fourth-order valence-electron chi connectivity index (χ4n) is 1.74. The van der Waals surface area contributed by atoms with Crippen LogP contribution in [0.5, 0.6) is 0 Å². The Morgan fingerprint density at radius 3 is 2.65 bits per heavy atom. The molecule has 0 aromatic carbocycles. The average Bonchev–Trinajstić information content (AvgIpc) is 3.04. The quantitative estimate of drug-likeness (QED) is 0.775. The van der Waals surface area contributed by atoms with Crippen molar-refractivity contribution in [3.05, 3.63) is 11.4 Å². The van der Waals surface area contributed by atoms with Crippen LogP contribution < -0.4 is 16.4 Å². The molecule has 4 N–H and O–H groups in total. The summed E-state index contributed by atoms with van der Waals surface area (Å²) in [5.41, 5.74) is 11.8. The molecular formula is C11H17N5O. The van der Waals surface area contributed by atoms with Crippen LogP contribution in [0, 0.1) is 6.92 Å². The molecule has 6 heteroatoms. The average molecular weight is 235 g/mol. The van der Waals surface area contributed by atoms with Crippen LogP contribution in [0.4, 0.5) is 11.6 Å². The normalized spacial score (nSPS) is 14.7. The molecule has 1 amide bonds. The van der Waals surface area contributed by atoms with Gasteiger partial charge in [-0.05, 0) is 19.8 Å². The molecule has 92 valence electrons. The van der Waals surface area contributed by atoms with Gasteiger partial charge in [-0.15, -0.1) is 0 Å². The first-order valence-electron chi connectivity index (χ1n) is 5.62. The van der Waals surface area contributed by atoms with E-state index < -0.39 is 5.91 Å². The highest BCUT2D eigenvalue weighted by Crippen LogP contribution is 2.39. The van der Waals surface area contributed by atoms with Crippen molar-refractivity contribution in [2.75, 3.05) is 24.2 Å². The molecule has 0 radical (unpaired) electrons. The number of likely N-dealkylation sites (N-methyl/N-ethyl adjacent to an activating group) is 1. The van der Waals surface area contributed by atoms with Gasteiger partial charge in [0.15, 0.2) is 0 Å². The number of carbonyl (C=O) groups excluding carboxylic acids is 1. The summed E-state index contributed by atoms with van der Waals surface area (Å²) < 4.78 is 0. The zero-order chi connectivity index (χ0) is 12.6. The van der Waals surface area contributed by atoms with Gasteiger partial charge < -0.3 is 16.4 Å². The van der Waals surface area contributed by atoms with E-state index in [1.807, 2.05) is 6.92 Å². The number of amides is 1. The molecule has 1 aromatic rings. The van der Waals surface area contributed by atoms with Crippen molar-refractivity contribution in [2.45, 2.75) is 25.7 Å². The molecule has 1 heterocycles. The number of nitrogens with zero attached hydrogens (tertiary/aromatic N) is 3. The molecule has 0 saturated heterocycles. The number of nitrogen functional groups attached to an aromatic ring is 1. The summed E-state index contributed by atoms with van der Waals surface area (Å²) in [6.07, 6.45) is 2.23. The Balaban J connectivity index is 2.33. The Hall–Kier alpha value is -1.85. The first-order valence-corrected chi connectivity index (χ1v) is 5.62. The molecule has 0 unspecified atom stereocenters. The van der Waals surface area contributed by atoms with Gasteiger partial charge in [0.25, 0.3) is 0 Å². The standard InChI is InChI=1S/C11H17N5O/c1-6-9(13)14-10(7-3-4-7)15-11(6)16(2)5-8(12)17/h7H,3-5H2,1-2H3,(H2,12,17)(H2,13,14,15). The van der Waals surface area contributed by atoms with Gasteiger partial charge in [-0.1, -0.05) is 0 Å². The second-order valence-electron chi connectivity index (χ2n) is 4.51. The van der Waals surface area contributed by atoms with E-state index in [9.17, 15) is 4.79 Å². The van der Waals surface area contributed by atoms with Crippen LogP contribution in [0.3, 0.4) is 0 Å².